The van der Waals surface area contributed by atoms with E-state index in [1.165, 1.54) is 25.7 Å². The van der Waals surface area contributed by atoms with Crippen LogP contribution in [0.25, 0.3) is 0 Å². The molecule has 2 atom stereocenters. The molecule has 0 N–H and O–H groups in total. The largest absolute Gasteiger partial charge is 0.378 e. The molecule has 1 saturated carbocycles. The summed E-state index contributed by atoms with van der Waals surface area (Å²) in [7, 11) is 0. The van der Waals surface area contributed by atoms with Crippen LogP contribution in [-0.4, -0.2) is 25.9 Å². The van der Waals surface area contributed by atoms with E-state index >= 15 is 0 Å². The topological polar surface area (TPSA) is 21.8 Å². The summed E-state index contributed by atoms with van der Waals surface area (Å²) in [5.74, 6) is 1.72. The highest BCUT2D eigenvalue weighted by molar-refractivity contribution is 5.15. The summed E-state index contributed by atoms with van der Waals surface area (Å²) in [6.07, 6.45) is 8.60. The minimum absolute atomic E-state index is 0.420. The fraction of sp³-hybridized carbons (Fsp3) is 0.857. The van der Waals surface area contributed by atoms with E-state index in [2.05, 4.69) is 19.9 Å². The third-order valence-corrected chi connectivity index (χ3v) is 3.32. The first-order valence-electron chi connectivity index (χ1n) is 6.61. The highest BCUT2D eigenvalue weighted by atomic mass is 16.6. The minimum Gasteiger partial charge on any atom is -0.378 e. The zero-order chi connectivity index (χ0) is 11.4. The van der Waals surface area contributed by atoms with Gasteiger partial charge in [0.25, 0.3) is 0 Å². The normalized spacial score (nSPS) is 30.1. The van der Waals surface area contributed by atoms with Gasteiger partial charge in [0.2, 0.25) is 0 Å². The molecule has 0 amide bonds. The Morgan fingerprint density at radius 1 is 1.50 bits per heavy atom. The average molecular weight is 224 g/mol. The molecule has 1 saturated heterocycles. The molecule has 16 heavy (non-hydrogen) atoms. The second-order valence-electron chi connectivity index (χ2n) is 5.59. The van der Waals surface area contributed by atoms with Crippen LogP contribution < -0.4 is 0 Å². The number of epoxide rings is 1. The molecule has 2 bridgehead atoms. The van der Waals surface area contributed by atoms with Crippen LogP contribution in [0.5, 0.6) is 0 Å². The molecule has 0 radical (unpaired) electrons. The fourth-order valence-electron chi connectivity index (χ4n) is 2.28. The van der Waals surface area contributed by atoms with Crippen molar-refractivity contribution >= 4 is 0 Å². The van der Waals surface area contributed by atoms with Crippen LogP contribution in [-0.2, 0) is 9.47 Å². The van der Waals surface area contributed by atoms with E-state index in [0.29, 0.717) is 12.0 Å². The van der Waals surface area contributed by atoms with Crippen LogP contribution in [0.3, 0.4) is 0 Å². The Morgan fingerprint density at radius 2 is 2.31 bits per heavy atom. The van der Waals surface area contributed by atoms with Gasteiger partial charge in [-0.3, -0.25) is 0 Å². The van der Waals surface area contributed by atoms with E-state index in [0.717, 1.165) is 25.7 Å². The Labute approximate surface area is 99.0 Å². The minimum atomic E-state index is 0.420. The smallest absolute Gasteiger partial charge is 0.104 e. The number of hydrogen-bond acceptors (Lipinski definition) is 2. The van der Waals surface area contributed by atoms with Gasteiger partial charge < -0.3 is 9.47 Å². The predicted molar refractivity (Wildman–Crippen MR) is 65.4 cm³/mol. The van der Waals surface area contributed by atoms with Crippen LogP contribution in [0.2, 0.25) is 0 Å². The molecule has 1 aliphatic heterocycles. The number of rotatable bonds is 4. The molecule has 2 aliphatic carbocycles. The lowest BCUT2D eigenvalue weighted by atomic mass is 10.1. The summed E-state index contributed by atoms with van der Waals surface area (Å²) >= 11 is 0. The van der Waals surface area contributed by atoms with Crippen molar-refractivity contribution in [3.8, 4) is 0 Å². The maximum absolute atomic E-state index is 5.29. The van der Waals surface area contributed by atoms with Crippen molar-refractivity contribution in [1.29, 1.82) is 0 Å². The molecule has 0 aromatic heterocycles. The second-order valence-corrected chi connectivity index (χ2v) is 5.59. The second kappa shape index (κ2) is 5.83. The van der Waals surface area contributed by atoms with Gasteiger partial charge in [-0.05, 0) is 37.5 Å². The standard InChI is InChI=1S/C7H14O2.C7H10/c1-6(2)3-8-4-7-5-9-7;1-2-7-4-3-6(1)5-7/h6-7H,3-5H2,1-2H3;1,7H,2-5H2. The molecule has 0 aromatic carbocycles. The first-order chi connectivity index (χ1) is 7.74. The van der Waals surface area contributed by atoms with Gasteiger partial charge in [-0.1, -0.05) is 25.5 Å². The highest BCUT2D eigenvalue weighted by Gasteiger charge is 2.23. The molecule has 0 aromatic rings. The maximum Gasteiger partial charge on any atom is 0.104 e. The molecule has 2 unspecified atom stereocenters. The SMILES string of the molecule is C1=C2CCC(C1)C2.CC(C)COCC1CO1. The quantitative estimate of drug-likeness (QED) is 0.540. The van der Waals surface area contributed by atoms with Crippen LogP contribution in [0.4, 0.5) is 0 Å². The Bertz CT molecular complexity index is 239. The van der Waals surface area contributed by atoms with E-state index in [1.807, 2.05) is 0 Å². The molecule has 0 spiro atoms. The van der Waals surface area contributed by atoms with E-state index in [1.54, 1.807) is 5.57 Å². The summed E-state index contributed by atoms with van der Waals surface area (Å²) in [5.41, 5.74) is 1.74. The van der Waals surface area contributed by atoms with E-state index < -0.39 is 0 Å². The zero-order valence-corrected chi connectivity index (χ0v) is 10.6. The molecular weight excluding hydrogens is 200 g/mol. The molecule has 3 rings (SSSR count). The average Bonchev–Trinajstić information content (AvgIpc) is 2.83. The van der Waals surface area contributed by atoms with Gasteiger partial charge in [0, 0.05) is 6.61 Å². The summed E-state index contributed by atoms with van der Waals surface area (Å²) in [4.78, 5) is 0. The number of fused-ring (bicyclic) bond motifs is 2. The van der Waals surface area contributed by atoms with Crippen LogP contribution >= 0.6 is 0 Å². The van der Waals surface area contributed by atoms with Crippen molar-refractivity contribution in [2.24, 2.45) is 11.8 Å². The molecule has 2 heteroatoms. The lowest BCUT2D eigenvalue weighted by Gasteiger charge is -2.03. The van der Waals surface area contributed by atoms with Gasteiger partial charge in [-0.2, -0.15) is 0 Å². The third-order valence-electron chi connectivity index (χ3n) is 3.32. The maximum atomic E-state index is 5.29. The number of hydrogen-bond donors (Lipinski definition) is 0. The van der Waals surface area contributed by atoms with Gasteiger partial charge in [-0.15, -0.1) is 0 Å². The van der Waals surface area contributed by atoms with Crippen LogP contribution in [0, 0.1) is 11.8 Å². The van der Waals surface area contributed by atoms with Gasteiger partial charge in [0.15, 0.2) is 0 Å². The number of allylic oxidation sites excluding steroid dienone is 2. The lowest BCUT2D eigenvalue weighted by Crippen LogP contribution is -2.06. The summed E-state index contributed by atoms with van der Waals surface area (Å²) in [6.45, 7) is 6.84. The van der Waals surface area contributed by atoms with Gasteiger partial charge in [0.1, 0.15) is 6.10 Å². The van der Waals surface area contributed by atoms with E-state index in [-0.39, 0.29) is 0 Å². The number of ether oxygens (including phenoxy) is 2. The van der Waals surface area contributed by atoms with Crippen molar-refractivity contribution in [2.45, 2.75) is 45.6 Å². The molecule has 92 valence electrons. The molecule has 2 fully saturated rings. The zero-order valence-electron chi connectivity index (χ0n) is 10.6. The highest BCUT2D eigenvalue weighted by Crippen LogP contribution is 2.38. The molecule has 2 nitrogen and oxygen atoms in total. The first-order valence-corrected chi connectivity index (χ1v) is 6.61. The monoisotopic (exact) mass is 224 g/mol. The van der Waals surface area contributed by atoms with Crippen molar-refractivity contribution in [1.82, 2.24) is 0 Å². The Morgan fingerprint density at radius 3 is 2.62 bits per heavy atom. The van der Waals surface area contributed by atoms with Gasteiger partial charge in [0.05, 0.1) is 13.2 Å². The summed E-state index contributed by atoms with van der Waals surface area (Å²) in [5, 5.41) is 0. The summed E-state index contributed by atoms with van der Waals surface area (Å²) < 4.78 is 10.3. The Hall–Kier alpha value is -0.340. The van der Waals surface area contributed by atoms with E-state index in [4.69, 9.17) is 9.47 Å². The third kappa shape index (κ3) is 4.26. The lowest BCUT2D eigenvalue weighted by molar-refractivity contribution is 0.0952. The Balaban J connectivity index is 0.000000123. The molecule has 1 heterocycles. The van der Waals surface area contributed by atoms with Crippen molar-refractivity contribution in [3.05, 3.63) is 11.6 Å². The van der Waals surface area contributed by atoms with Crippen molar-refractivity contribution in [3.63, 3.8) is 0 Å². The fourth-order valence-corrected chi connectivity index (χ4v) is 2.28. The predicted octanol–water partition coefficient (Wildman–Crippen LogP) is 3.17. The molecule has 3 aliphatic rings. The van der Waals surface area contributed by atoms with Crippen molar-refractivity contribution < 1.29 is 9.47 Å². The van der Waals surface area contributed by atoms with Gasteiger partial charge >= 0.3 is 0 Å². The molecular formula is C14H24O2. The van der Waals surface area contributed by atoms with Crippen LogP contribution in [0.15, 0.2) is 11.6 Å². The van der Waals surface area contributed by atoms with Crippen LogP contribution in [0.1, 0.15) is 39.5 Å². The van der Waals surface area contributed by atoms with E-state index in [9.17, 15) is 0 Å². The van der Waals surface area contributed by atoms with Crippen molar-refractivity contribution in [2.75, 3.05) is 19.8 Å². The Kier molecular flexibility index (Phi) is 4.42. The summed E-state index contributed by atoms with van der Waals surface area (Å²) in [6, 6.07) is 0. The van der Waals surface area contributed by atoms with Gasteiger partial charge in [-0.25, -0.2) is 0 Å². The first kappa shape index (κ1) is 12.1.